The van der Waals surface area contributed by atoms with Gasteiger partial charge in [0.05, 0.1) is 5.02 Å². The molecule has 0 aliphatic heterocycles. The summed E-state index contributed by atoms with van der Waals surface area (Å²) >= 11 is 9.23. The first-order chi connectivity index (χ1) is 9.18. The predicted molar refractivity (Wildman–Crippen MR) is 84.6 cm³/mol. The molecular formula is C13H19BrClNO3S. The van der Waals surface area contributed by atoms with Gasteiger partial charge in [0, 0.05) is 24.7 Å². The lowest BCUT2D eigenvalue weighted by atomic mass is 9.90. The summed E-state index contributed by atoms with van der Waals surface area (Å²) in [6.07, 6.45) is 0.764. The Kier molecular flexibility index (Phi) is 6.47. The van der Waals surface area contributed by atoms with E-state index in [4.69, 9.17) is 16.3 Å². The summed E-state index contributed by atoms with van der Waals surface area (Å²) in [7, 11) is -1.98. The zero-order valence-electron chi connectivity index (χ0n) is 11.7. The second-order valence-corrected chi connectivity index (χ2v) is 8.36. The van der Waals surface area contributed by atoms with Crippen LogP contribution in [0.25, 0.3) is 0 Å². The molecule has 0 heterocycles. The van der Waals surface area contributed by atoms with Crippen LogP contribution in [0, 0.1) is 5.41 Å². The van der Waals surface area contributed by atoms with Crippen LogP contribution in [0.2, 0.25) is 5.02 Å². The topological polar surface area (TPSA) is 55.4 Å². The maximum Gasteiger partial charge on any atom is 0.242 e. The molecule has 0 aliphatic carbocycles. The van der Waals surface area contributed by atoms with Crippen LogP contribution >= 0.6 is 27.5 Å². The minimum absolute atomic E-state index is 0.0879. The van der Waals surface area contributed by atoms with Crippen LogP contribution in [0.15, 0.2) is 27.6 Å². The van der Waals surface area contributed by atoms with Gasteiger partial charge in [-0.25, -0.2) is 13.1 Å². The molecule has 1 rings (SSSR count). The van der Waals surface area contributed by atoms with Crippen molar-refractivity contribution in [2.45, 2.75) is 25.2 Å². The van der Waals surface area contributed by atoms with Crippen LogP contribution in [0.1, 0.15) is 20.3 Å². The van der Waals surface area contributed by atoms with Gasteiger partial charge in [0.2, 0.25) is 10.0 Å². The van der Waals surface area contributed by atoms with Gasteiger partial charge in [-0.05, 0) is 30.0 Å². The van der Waals surface area contributed by atoms with E-state index >= 15 is 0 Å². The number of methoxy groups -OCH3 is 1. The van der Waals surface area contributed by atoms with Crippen LogP contribution in [0.4, 0.5) is 0 Å². The lowest BCUT2D eigenvalue weighted by Gasteiger charge is -2.24. The molecule has 20 heavy (non-hydrogen) atoms. The van der Waals surface area contributed by atoms with Crippen molar-refractivity contribution < 1.29 is 13.2 Å². The summed E-state index contributed by atoms with van der Waals surface area (Å²) < 4.78 is 32.8. The molecule has 7 heteroatoms. The SMILES string of the molecule is COCCC(C)(C)CNS(=O)(=O)c1ccc(Br)cc1Cl. The fraction of sp³-hybridized carbons (Fsp3) is 0.538. The molecule has 0 unspecified atom stereocenters. The fourth-order valence-electron chi connectivity index (χ4n) is 1.53. The standard InChI is InChI=1S/C13H19BrClNO3S/c1-13(2,6-7-19-3)9-16-20(17,18)12-5-4-10(14)8-11(12)15/h4-5,8,16H,6-7,9H2,1-3H3. The molecule has 4 nitrogen and oxygen atoms in total. The number of ether oxygens (including phenoxy) is 1. The van der Waals surface area contributed by atoms with Crippen LogP contribution in [-0.2, 0) is 14.8 Å². The number of sulfonamides is 1. The van der Waals surface area contributed by atoms with Crippen molar-refractivity contribution in [3.8, 4) is 0 Å². The average molecular weight is 385 g/mol. The normalized spacial score (nSPS) is 12.7. The second-order valence-electron chi connectivity index (χ2n) is 5.31. The molecule has 0 amide bonds. The van der Waals surface area contributed by atoms with Crippen molar-refractivity contribution in [3.63, 3.8) is 0 Å². The van der Waals surface area contributed by atoms with Crippen molar-refractivity contribution in [3.05, 3.63) is 27.7 Å². The van der Waals surface area contributed by atoms with Crippen LogP contribution < -0.4 is 4.72 Å². The second kappa shape index (κ2) is 7.22. The van der Waals surface area contributed by atoms with E-state index in [-0.39, 0.29) is 15.3 Å². The number of nitrogens with one attached hydrogen (secondary N) is 1. The van der Waals surface area contributed by atoms with Gasteiger partial charge in [0.1, 0.15) is 4.90 Å². The van der Waals surface area contributed by atoms with Gasteiger partial charge in [-0.3, -0.25) is 0 Å². The van der Waals surface area contributed by atoms with Gasteiger partial charge in [-0.1, -0.05) is 41.4 Å². The maximum atomic E-state index is 12.2. The predicted octanol–water partition coefficient (Wildman–Crippen LogP) is 3.44. The van der Waals surface area contributed by atoms with Crippen molar-refractivity contribution in [1.29, 1.82) is 0 Å². The van der Waals surface area contributed by atoms with E-state index in [1.54, 1.807) is 19.2 Å². The Morgan fingerprint density at radius 2 is 2.05 bits per heavy atom. The molecule has 1 aromatic carbocycles. The molecule has 114 valence electrons. The van der Waals surface area contributed by atoms with Gasteiger partial charge in [0.25, 0.3) is 0 Å². The molecule has 0 saturated carbocycles. The molecule has 0 radical (unpaired) electrons. The van der Waals surface area contributed by atoms with E-state index in [0.29, 0.717) is 13.2 Å². The Morgan fingerprint density at radius 1 is 1.40 bits per heavy atom. The van der Waals surface area contributed by atoms with Crippen molar-refractivity contribution in [2.24, 2.45) is 5.41 Å². The number of hydrogen-bond acceptors (Lipinski definition) is 3. The Balaban J connectivity index is 2.80. The minimum Gasteiger partial charge on any atom is -0.385 e. The minimum atomic E-state index is -3.61. The highest BCUT2D eigenvalue weighted by molar-refractivity contribution is 9.10. The summed E-state index contributed by atoms with van der Waals surface area (Å²) in [5, 5.41) is 0.196. The number of benzene rings is 1. The summed E-state index contributed by atoms with van der Waals surface area (Å²) in [6.45, 7) is 4.88. The molecule has 0 atom stereocenters. The Bertz CT molecular complexity index is 561. The molecule has 0 spiro atoms. The first-order valence-electron chi connectivity index (χ1n) is 6.12. The molecule has 0 aromatic heterocycles. The highest BCUT2D eigenvalue weighted by Gasteiger charge is 2.23. The Hall–Kier alpha value is -0.140. The summed E-state index contributed by atoms with van der Waals surface area (Å²) in [5.74, 6) is 0. The molecular weight excluding hydrogens is 366 g/mol. The molecule has 0 aliphatic rings. The van der Waals surface area contributed by atoms with Gasteiger partial charge in [0.15, 0.2) is 0 Å². The Morgan fingerprint density at radius 3 is 2.60 bits per heavy atom. The molecule has 0 bridgehead atoms. The van der Waals surface area contributed by atoms with Gasteiger partial charge < -0.3 is 4.74 Å². The van der Waals surface area contributed by atoms with Crippen LogP contribution in [-0.4, -0.2) is 28.7 Å². The van der Waals surface area contributed by atoms with Crippen molar-refractivity contribution in [2.75, 3.05) is 20.3 Å². The van der Waals surface area contributed by atoms with Gasteiger partial charge >= 0.3 is 0 Å². The molecule has 0 fully saturated rings. The lowest BCUT2D eigenvalue weighted by Crippen LogP contribution is -2.34. The molecule has 0 saturated heterocycles. The zero-order chi connectivity index (χ0) is 15.4. The highest BCUT2D eigenvalue weighted by Crippen LogP contribution is 2.26. The van der Waals surface area contributed by atoms with Crippen LogP contribution in [0.5, 0.6) is 0 Å². The van der Waals surface area contributed by atoms with E-state index in [1.165, 1.54) is 6.07 Å². The largest absolute Gasteiger partial charge is 0.385 e. The van der Waals surface area contributed by atoms with Gasteiger partial charge in [-0.2, -0.15) is 0 Å². The lowest BCUT2D eigenvalue weighted by molar-refractivity contribution is 0.153. The molecule has 1 aromatic rings. The van der Waals surface area contributed by atoms with Crippen molar-refractivity contribution in [1.82, 2.24) is 4.72 Å². The first-order valence-corrected chi connectivity index (χ1v) is 8.77. The summed E-state index contributed by atoms with van der Waals surface area (Å²) in [4.78, 5) is 0.0879. The van der Waals surface area contributed by atoms with E-state index in [0.717, 1.165) is 10.9 Å². The van der Waals surface area contributed by atoms with E-state index in [9.17, 15) is 8.42 Å². The number of rotatable bonds is 7. The highest BCUT2D eigenvalue weighted by atomic mass is 79.9. The summed E-state index contributed by atoms with van der Waals surface area (Å²) in [5.41, 5.74) is -0.190. The molecule has 1 N–H and O–H groups in total. The fourth-order valence-corrected chi connectivity index (χ4v) is 3.81. The van der Waals surface area contributed by atoms with Gasteiger partial charge in [-0.15, -0.1) is 0 Å². The van der Waals surface area contributed by atoms with E-state index in [1.807, 2.05) is 13.8 Å². The quantitative estimate of drug-likeness (QED) is 0.783. The summed E-state index contributed by atoms with van der Waals surface area (Å²) in [6, 6.07) is 4.69. The third kappa shape index (κ3) is 5.33. The van der Waals surface area contributed by atoms with E-state index < -0.39 is 10.0 Å². The monoisotopic (exact) mass is 383 g/mol. The number of halogens is 2. The number of hydrogen-bond donors (Lipinski definition) is 1. The first kappa shape index (κ1) is 17.9. The average Bonchev–Trinajstić information content (AvgIpc) is 2.34. The van der Waals surface area contributed by atoms with Crippen LogP contribution in [0.3, 0.4) is 0 Å². The van der Waals surface area contributed by atoms with E-state index in [2.05, 4.69) is 20.7 Å². The van der Waals surface area contributed by atoms with Crippen molar-refractivity contribution >= 4 is 37.6 Å². The third-order valence-electron chi connectivity index (χ3n) is 2.91. The third-order valence-corrected chi connectivity index (χ3v) is 5.28. The Labute approximate surface area is 134 Å². The zero-order valence-corrected chi connectivity index (χ0v) is 14.9. The maximum absolute atomic E-state index is 12.2. The smallest absolute Gasteiger partial charge is 0.242 e.